The SMILES string of the molecule is COC(=O)c1csc(S(=O)(=O)N2CCN(C(=O)CCCc3ccc(C)cc3)CC2)c1. The van der Waals surface area contributed by atoms with Gasteiger partial charge in [-0.25, -0.2) is 13.2 Å². The summed E-state index contributed by atoms with van der Waals surface area (Å²) in [5.74, 6) is -0.503. The van der Waals surface area contributed by atoms with Gasteiger partial charge in [0, 0.05) is 38.0 Å². The lowest BCUT2D eigenvalue weighted by atomic mass is 10.1. The van der Waals surface area contributed by atoms with Gasteiger partial charge in [-0.05, 0) is 31.4 Å². The Morgan fingerprint density at radius 2 is 1.77 bits per heavy atom. The van der Waals surface area contributed by atoms with E-state index in [1.807, 2.05) is 6.92 Å². The number of aryl methyl sites for hydroxylation is 2. The molecule has 3 rings (SSSR count). The van der Waals surface area contributed by atoms with Crippen molar-refractivity contribution in [2.75, 3.05) is 33.3 Å². The van der Waals surface area contributed by atoms with Gasteiger partial charge in [0.15, 0.2) is 0 Å². The second kappa shape index (κ2) is 9.72. The Morgan fingerprint density at radius 3 is 2.40 bits per heavy atom. The fourth-order valence-electron chi connectivity index (χ4n) is 3.34. The first-order valence-corrected chi connectivity index (χ1v) is 12.1. The van der Waals surface area contributed by atoms with Gasteiger partial charge in [-0.1, -0.05) is 29.8 Å². The molecule has 162 valence electrons. The minimum atomic E-state index is -3.68. The van der Waals surface area contributed by atoms with Gasteiger partial charge in [-0.3, -0.25) is 4.79 Å². The third kappa shape index (κ3) is 5.27. The molecule has 0 radical (unpaired) electrons. The van der Waals surface area contributed by atoms with Gasteiger partial charge >= 0.3 is 5.97 Å². The van der Waals surface area contributed by atoms with Crippen LogP contribution in [-0.4, -0.2) is 62.8 Å². The van der Waals surface area contributed by atoms with Crippen molar-refractivity contribution >= 4 is 33.2 Å². The monoisotopic (exact) mass is 450 g/mol. The highest BCUT2D eigenvalue weighted by Crippen LogP contribution is 2.25. The fourth-order valence-corrected chi connectivity index (χ4v) is 6.06. The van der Waals surface area contributed by atoms with Crippen LogP contribution >= 0.6 is 11.3 Å². The number of benzene rings is 1. The molecule has 7 nitrogen and oxygen atoms in total. The Labute approximate surface area is 181 Å². The number of sulfonamides is 1. The zero-order valence-electron chi connectivity index (χ0n) is 17.2. The molecule has 9 heteroatoms. The van der Waals surface area contributed by atoms with Crippen molar-refractivity contribution in [2.24, 2.45) is 0 Å². The van der Waals surface area contributed by atoms with Crippen LogP contribution in [0.1, 0.15) is 34.3 Å². The highest BCUT2D eigenvalue weighted by Gasteiger charge is 2.31. The predicted octanol–water partition coefficient (Wildman–Crippen LogP) is 2.70. The first-order chi connectivity index (χ1) is 14.3. The molecule has 0 bridgehead atoms. The molecule has 1 saturated heterocycles. The second-order valence-corrected chi connectivity index (χ2v) is 10.3. The number of nitrogens with zero attached hydrogens (tertiary/aromatic N) is 2. The minimum Gasteiger partial charge on any atom is -0.465 e. The number of methoxy groups -OCH3 is 1. The number of carbonyl (C=O) groups excluding carboxylic acids is 2. The zero-order valence-corrected chi connectivity index (χ0v) is 18.8. The van der Waals surface area contributed by atoms with Gasteiger partial charge in [0.25, 0.3) is 10.0 Å². The summed E-state index contributed by atoms with van der Waals surface area (Å²) in [7, 11) is -2.43. The Hall–Kier alpha value is -2.23. The van der Waals surface area contributed by atoms with Gasteiger partial charge in [0.05, 0.1) is 12.7 Å². The number of piperazine rings is 1. The van der Waals surface area contributed by atoms with E-state index in [9.17, 15) is 18.0 Å². The van der Waals surface area contributed by atoms with E-state index in [0.29, 0.717) is 19.5 Å². The van der Waals surface area contributed by atoms with Crippen molar-refractivity contribution < 1.29 is 22.7 Å². The van der Waals surface area contributed by atoms with E-state index < -0.39 is 16.0 Å². The lowest BCUT2D eigenvalue weighted by molar-refractivity contribution is -0.132. The van der Waals surface area contributed by atoms with Crippen molar-refractivity contribution in [3.63, 3.8) is 0 Å². The van der Waals surface area contributed by atoms with Crippen LogP contribution in [0.3, 0.4) is 0 Å². The molecule has 0 spiro atoms. The molecule has 1 aromatic heterocycles. The predicted molar refractivity (Wildman–Crippen MR) is 115 cm³/mol. The minimum absolute atomic E-state index is 0.0586. The Bertz CT molecular complexity index is 991. The Balaban J connectivity index is 1.49. The van der Waals surface area contributed by atoms with E-state index in [1.165, 1.54) is 34.0 Å². The molecule has 0 atom stereocenters. The maximum atomic E-state index is 12.8. The smallest absolute Gasteiger partial charge is 0.338 e. The molecule has 1 amide bonds. The average Bonchev–Trinajstić information content (AvgIpc) is 3.26. The van der Waals surface area contributed by atoms with Gasteiger partial charge < -0.3 is 9.64 Å². The summed E-state index contributed by atoms with van der Waals surface area (Å²) >= 11 is 1.000. The molecule has 1 aromatic carbocycles. The van der Waals surface area contributed by atoms with Crippen LogP contribution in [0.5, 0.6) is 0 Å². The Kier molecular flexibility index (Phi) is 7.27. The summed E-state index contributed by atoms with van der Waals surface area (Å²) in [6, 6.07) is 9.64. The molecule has 0 saturated carbocycles. The van der Waals surface area contributed by atoms with Crippen molar-refractivity contribution in [2.45, 2.75) is 30.4 Å². The summed E-state index contributed by atoms with van der Waals surface area (Å²) in [6.45, 7) is 3.29. The quantitative estimate of drug-likeness (QED) is 0.606. The number of esters is 1. The topological polar surface area (TPSA) is 84.0 Å². The lowest BCUT2D eigenvalue weighted by Crippen LogP contribution is -2.50. The first kappa shape index (κ1) is 22.5. The Morgan fingerprint density at radius 1 is 1.10 bits per heavy atom. The molecule has 0 N–H and O–H groups in total. The second-order valence-electron chi connectivity index (χ2n) is 7.27. The third-order valence-electron chi connectivity index (χ3n) is 5.16. The number of hydrogen-bond acceptors (Lipinski definition) is 6. The van der Waals surface area contributed by atoms with Crippen molar-refractivity contribution in [1.29, 1.82) is 0 Å². The number of amides is 1. The summed E-state index contributed by atoms with van der Waals surface area (Å²) in [4.78, 5) is 25.8. The largest absolute Gasteiger partial charge is 0.465 e. The molecule has 30 heavy (non-hydrogen) atoms. The normalized spacial score (nSPS) is 15.2. The first-order valence-electron chi connectivity index (χ1n) is 9.81. The molecule has 2 heterocycles. The van der Waals surface area contributed by atoms with Gasteiger partial charge in [-0.15, -0.1) is 11.3 Å². The summed E-state index contributed by atoms with van der Waals surface area (Å²) < 4.78 is 31.8. The van der Waals surface area contributed by atoms with Crippen LogP contribution in [0, 0.1) is 6.92 Å². The fraction of sp³-hybridized carbons (Fsp3) is 0.429. The van der Waals surface area contributed by atoms with E-state index in [-0.39, 0.29) is 28.8 Å². The number of ether oxygens (including phenoxy) is 1. The highest BCUT2D eigenvalue weighted by atomic mass is 32.2. The van der Waals surface area contributed by atoms with Gasteiger partial charge in [-0.2, -0.15) is 4.31 Å². The summed E-state index contributed by atoms with van der Waals surface area (Å²) in [5.41, 5.74) is 2.65. The molecule has 1 aliphatic rings. The summed E-state index contributed by atoms with van der Waals surface area (Å²) in [5, 5.41) is 1.48. The molecule has 1 aliphatic heterocycles. The van der Waals surface area contributed by atoms with Crippen molar-refractivity contribution in [1.82, 2.24) is 9.21 Å². The molecular weight excluding hydrogens is 424 g/mol. The number of thiophene rings is 1. The van der Waals surface area contributed by atoms with E-state index in [1.54, 1.807) is 4.90 Å². The zero-order chi connectivity index (χ0) is 21.7. The van der Waals surface area contributed by atoms with Crippen LogP contribution < -0.4 is 0 Å². The van der Waals surface area contributed by atoms with Crippen LogP contribution in [0.25, 0.3) is 0 Å². The third-order valence-corrected chi connectivity index (χ3v) is 8.47. The van der Waals surface area contributed by atoms with Gasteiger partial charge in [0.1, 0.15) is 4.21 Å². The lowest BCUT2D eigenvalue weighted by Gasteiger charge is -2.33. The molecule has 0 unspecified atom stereocenters. The molecule has 0 aliphatic carbocycles. The van der Waals surface area contributed by atoms with E-state index in [0.717, 1.165) is 24.2 Å². The summed E-state index contributed by atoms with van der Waals surface area (Å²) in [6.07, 6.45) is 2.07. The van der Waals surface area contributed by atoms with Crippen LogP contribution in [-0.2, 0) is 26.0 Å². The van der Waals surface area contributed by atoms with Crippen molar-refractivity contribution in [3.05, 3.63) is 52.4 Å². The van der Waals surface area contributed by atoms with Crippen LogP contribution in [0.4, 0.5) is 0 Å². The average molecular weight is 451 g/mol. The molecular formula is C21H26N2O5S2. The molecule has 2 aromatic rings. The van der Waals surface area contributed by atoms with Crippen LogP contribution in [0.2, 0.25) is 0 Å². The number of hydrogen-bond donors (Lipinski definition) is 0. The molecule has 1 fully saturated rings. The highest BCUT2D eigenvalue weighted by molar-refractivity contribution is 7.91. The van der Waals surface area contributed by atoms with E-state index in [4.69, 9.17) is 0 Å². The number of carbonyl (C=O) groups is 2. The van der Waals surface area contributed by atoms with E-state index >= 15 is 0 Å². The van der Waals surface area contributed by atoms with Gasteiger partial charge in [0.2, 0.25) is 5.91 Å². The number of rotatable bonds is 7. The van der Waals surface area contributed by atoms with Crippen LogP contribution in [0.15, 0.2) is 39.9 Å². The van der Waals surface area contributed by atoms with Crippen molar-refractivity contribution in [3.8, 4) is 0 Å². The van der Waals surface area contributed by atoms with E-state index in [2.05, 4.69) is 29.0 Å². The maximum absolute atomic E-state index is 12.8. The standard InChI is InChI=1S/C21H26N2O5S2/c1-16-6-8-17(9-7-16)4-3-5-19(24)22-10-12-23(13-11-22)30(26,27)20-14-18(15-29-20)21(25)28-2/h6-9,14-15H,3-5,10-13H2,1-2H3. The maximum Gasteiger partial charge on any atom is 0.338 e.